The highest BCUT2D eigenvalue weighted by atomic mass is 35.5. The number of likely N-dealkylation sites (tertiary alicyclic amines) is 1. The van der Waals surface area contributed by atoms with E-state index in [-0.39, 0.29) is 17.5 Å². The fraction of sp³-hybridized carbons (Fsp3) is 0.360. The number of aryl methyl sites for hydroxylation is 1. The Balaban J connectivity index is 1.48. The molecule has 0 atom stereocenters. The van der Waals surface area contributed by atoms with Gasteiger partial charge in [-0.25, -0.2) is 9.37 Å². The Kier molecular flexibility index (Phi) is 6.24. The lowest BCUT2D eigenvalue weighted by Crippen LogP contribution is -2.41. The largest absolute Gasteiger partial charge is 0.487 e. The van der Waals surface area contributed by atoms with Crippen molar-refractivity contribution in [3.63, 3.8) is 0 Å². The predicted octanol–water partition coefficient (Wildman–Crippen LogP) is 5.92. The normalized spacial score (nSPS) is 14.1. The van der Waals surface area contributed by atoms with E-state index in [9.17, 15) is 9.18 Å². The van der Waals surface area contributed by atoms with Crippen LogP contribution in [-0.4, -0.2) is 28.9 Å². The van der Waals surface area contributed by atoms with Gasteiger partial charge in [-0.2, -0.15) is 0 Å². The highest BCUT2D eigenvalue weighted by Gasteiger charge is 2.35. The van der Waals surface area contributed by atoms with Gasteiger partial charge in [-0.3, -0.25) is 4.79 Å². The molecule has 0 saturated carbocycles. The third kappa shape index (κ3) is 4.51. The molecule has 0 aliphatic carbocycles. The summed E-state index contributed by atoms with van der Waals surface area (Å²) in [6, 6.07) is 12.0. The van der Waals surface area contributed by atoms with Crippen LogP contribution in [0.1, 0.15) is 43.7 Å². The van der Waals surface area contributed by atoms with Crippen molar-refractivity contribution in [2.75, 3.05) is 13.1 Å². The maximum atomic E-state index is 13.8. The molecule has 1 aromatic heterocycles. The molecule has 7 heteroatoms. The van der Waals surface area contributed by atoms with Crippen LogP contribution >= 0.6 is 11.6 Å². The Morgan fingerprint density at radius 1 is 1.22 bits per heavy atom. The second kappa shape index (κ2) is 8.94. The van der Waals surface area contributed by atoms with E-state index in [2.05, 4.69) is 4.98 Å². The van der Waals surface area contributed by atoms with Crippen molar-refractivity contribution in [1.82, 2.24) is 9.88 Å². The van der Waals surface area contributed by atoms with Crippen LogP contribution in [0.15, 0.2) is 46.9 Å². The summed E-state index contributed by atoms with van der Waals surface area (Å²) in [5.41, 5.74) is 1.39. The van der Waals surface area contributed by atoms with Gasteiger partial charge in [-0.05, 0) is 69.5 Å². The lowest BCUT2D eigenvalue weighted by atomic mass is 9.83. The third-order valence-electron chi connectivity index (χ3n) is 5.92. The smallest absolute Gasteiger partial charge is 0.232 e. The van der Waals surface area contributed by atoms with Crippen molar-refractivity contribution in [3.05, 3.63) is 70.3 Å². The SMILES string of the molecule is Cc1oc(-c2ccc(Cl)c(F)c2)nc1COc1cccc(C(C)(C)C(=O)N2CCCC2)c1. The molecule has 1 aliphatic heterocycles. The van der Waals surface area contributed by atoms with Gasteiger partial charge in [-0.1, -0.05) is 23.7 Å². The van der Waals surface area contributed by atoms with Crippen LogP contribution in [0.4, 0.5) is 4.39 Å². The third-order valence-corrected chi connectivity index (χ3v) is 6.22. The van der Waals surface area contributed by atoms with Crippen molar-refractivity contribution in [2.45, 2.75) is 45.6 Å². The molecule has 0 N–H and O–H groups in total. The zero-order valence-electron chi connectivity index (χ0n) is 18.5. The number of rotatable bonds is 6. The molecular formula is C25H26ClFN2O3. The highest BCUT2D eigenvalue weighted by molar-refractivity contribution is 6.30. The molecule has 0 radical (unpaired) electrons. The predicted molar refractivity (Wildman–Crippen MR) is 121 cm³/mol. The molecule has 168 valence electrons. The van der Waals surface area contributed by atoms with Crippen LogP contribution in [0.2, 0.25) is 5.02 Å². The first-order valence-corrected chi connectivity index (χ1v) is 11.1. The lowest BCUT2D eigenvalue weighted by molar-refractivity contribution is -0.135. The van der Waals surface area contributed by atoms with Gasteiger partial charge >= 0.3 is 0 Å². The van der Waals surface area contributed by atoms with E-state index in [0.29, 0.717) is 28.7 Å². The minimum absolute atomic E-state index is 0.0478. The van der Waals surface area contributed by atoms with Crippen molar-refractivity contribution in [2.24, 2.45) is 0 Å². The molecule has 2 heterocycles. The fourth-order valence-electron chi connectivity index (χ4n) is 3.88. The van der Waals surface area contributed by atoms with Crippen molar-refractivity contribution in [3.8, 4) is 17.2 Å². The Bertz CT molecular complexity index is 1140. The molecule has 1 aliphatic rings. The van der Waals surface area contributed by atoms with Crippen LogP contribution < -0.4 is 4.74 Å². The number of benzene rings is 2. The number of nitrogens with zero attached hydrogens (tertiary/aromatic N) is 2. The molecule has 3 aromatic rings. The molecule has 1 amide bonds. The van der Waals surface area contributed by atoms with Gasteiger partial charge in [0.25, 0.3) is 0 Å². The van der Waals surface area contributed by atoms with Gasteiger partial charge in [0.1, 0.15) is 29.6 Å². The molecule has 1 saturated heterocycles. The maximum Gasteiger partial charge on any atom is 0.232 e. The van der Waals surface area contributed by atoms with Gasteiger partial charge in [0.05, 0.1) is 10.4 Å². The maximum absolute atomic E-state index is 13.8. The number of halogens is 2. The van der Waals surface area contributed by atoms with Crippen LogP contribution in [-0.2, 0) is 16.8 Å². The van der Waals surface area contributed by atoms with Crippen molar-refractivity contribution < 1.29 is 18.3 Å². The fourth-order valence-corrected chi connectivity index (χ4v) is 4.00. The summed E-state index contributed by atoms with van der Waals surface area (Å²) < 4.78 is 25.4. The minimum Gasteiger partial charge on any atom is -0.487 e. The van der Waals surface area contributed by atoms with E-state index in [1.54, 1.807) is 13.0 Å². The summed E-state index contributed by atoms with van der Waals surface area (Å²) in [5.74, 6) is 1.16. The Labute approximate surface area is 192 Å². The number of carbonyl (C=O) groups is 1. The second-order valence-electron chi connectivity index (χ2n) is 8.59. The van der Waals surface area contributed by atoms with Gasteiger partial charge in [0, 0.05) is 18.7 Å². The zero-order chi connectivity index (χ0) is 22.9. The molecule has 5 nitrogen and oxygen atoms in total. The number of hydrogen-bond acceptors (Lipinski definition) is 4. The average molecular weight is 457 g/mol. The molecule has 2 aromatic carbocycles. The number of ether oxygens (including phenoxy) is 1. The molecule has 32 heavy (non-hydrogen) atoms. The summed E-state index contributed by atoms with van der Waals surface area (Å²) in [4.78, 5) is 19.4. The Morgan fingerprint density at radius 3 is 2.69 bits per heavy atom. The van der Waals surface area contributed by atoms with Gasteiger partial charge in [0.2, 0.25) is 11.8 Å². The first-order valence-electron chi connectivity index (χ1n) is 10.7. The van der Waals surface area contributed by atoms with Crippen LogP contribution in [0.3, 0.4) is 0 Å². The minimum atomic E-state index is -0.640. The van der Waals surface area contributed by atoms with E-state index < -0.39 is 11.2 Å². The lowest BCUT2D eigenvalue weighted by Gasteiger charge is -2.29. The number of aromatic nitrogens is 1. The monoisotopic (exact) mass is 456 g/mol. The van der Waals surface area contributed by atoms with E-state index in [0.717, 1.165) is 31.5 Å². The first-order chi connectivity index (χ1) is 15.3. The van der Waals surface area contributed by atoms with Crippen molar-refractivity contribution in [1.29, 1.82) is 0 Å². The number of hydrogen-bond donors (Lipinski definition) is 0. The molecule has 0 spiro atoms. The Morgan fingerprint density at radius 2 is 1.97 bits per heavy atom. The average Bonchev–Trinajstić information content (AvgIpc) is 3.44. The first kappa shape index (κ1) is 22.3. The highest BCUT2D eigenvalue weighted by Crippen LogP contribution is 2.31. The molecule has 4 rings (SSSR count). The van der Waals surface area contributed by atoms with Gasteiger partial charge in [0.15, 0.2) is 0 Å². The second-order valence-corrected chi connectivity index (χ2v) is 9.00. The van der Waals surface area contributed by atoms with E-state index >= 15 is 0 Å². The summed E-state index contributed by atoms with van der Waals surface area (Å²) >= 11 is 5.75. The summed E-state index contributed by atoms with van der Waals surface area (Å²) in [6.07, 6.45) is 2.12. The summed E-state index contributed by atoms with van der Waals surface area (Å²) in [7, 11) is 0. The van der Waals surface area contributed by atoms with E-state index in [1.165, 1.54) is 12.1 Å². The summed E-state index contributed by atoms with van der Waals surface area (Å²) in [6.45, 7) is 7.52. The zero-order valence-corrected chi connectivity index (χ0v) is 19.2. The quantitative estimate of drug-likeness (QED) is 0.462. The standard InChI is InChI=1S/C25H26ClFN2O3/c1-16-22(28-23(32-16)17-9-10-20(26)21(27)13-17)15-31-19-8-6-7-18(14-19)25(2,3)24(30)29-11-4-5-12-29/h6-10,13-14H,4-5,11-12,15H2,1-3H3. The van der Waals surface area contributed by atoms with Crippen molar-refractivity contribution >= 4 is 17.5 Å². The van der Waals surface area contributed by atoms with Crippen LogP contribution in [0.25, 0.3) is 11.5 Å². The number of amides is 1. The summed E-state index contributed by atoms with van der Waals surface area (Å²) in [5, 5.41) is 0.0478. The van der Waals surface area contributed by atoms with Crippen LogP contribution in [0, 0.1) is 12.7 Å². The number of carbonyl (C=O) groups excluding carboxylic acids is 1. The molecule has 1 fully saturated rings. The molecule has 0 bridgehead atoms. The molecular weight excluding hydrogens is 431 g/mol. The topological polar surface area (TPSA) is 55.6 Å². The Hall–Kier alpha value is -2.86. The van der Waals surface area contributed by atoms with Gasteiger partial charge in [-0.15, -0.1) is 0 Å². The molecule has 0 unspecified atom stereocenters. The van der Waals surface area contributed by atoms with E-state index in [1.807, 2.05) is 43.0 Å². The van der Waals surface area contributed by atoms with Gasteiger partial charge < -0.3 is 14.1 Å². The van der Waals surface area contributed by atoms with E-state index in [4.69, 9.17) is 20.8 Å². The van der Waals surface area contributed by atoms with Crippen LogP contribution in [0.5, 0.6) is 5.75 Å². The number of oxazole rings is 1.